The Morgan fingerprint density at radius 3 is 2.67 bits per heavy atom. The van der Waals surface area contributed by atoms with E-state index in [9.17, 15) is 0 Å². The lowest BCUT2D eigenvalue weighted by Crippen LogP contribution is -2.29. The summed E-state index contributed by atoms with van der Waals surface area (Å²) in [5.74, 6) is 0.732. The van der Waals surface area contributed by atoms with E-state index in [-0.39, 0.29) is 6.04 Å². The molecule has 0 fully saturated rings. The number of aliphatic imine (C=N–C) groups is 1. The van der Waals surface area contributed by atoms with Crippen LogP contribution in [0.4, 0.5) is 0 Å². The number of nitriles is 1. The van der Waals surface area contributed by atoms with Gasteiger partial charge in [-0.15, -0.1) is 0 Å². The van der Waals surface area contributed by atoms with Crippen LogP contribution in [-0.2, 0) is 0 Å². The van der Waals surface area contributed by atoms with Gasteiger partial charge in [0.2, 0.25) is 6.19 Å². The molecular formula is C13H15Cl2N3. The number of nitrogens with zero attached hydrogens (tertiary/aromatic N) is 3. The zero-order chi connectivity index (χ0) is 13.7. The van der Waals surface area contributed by atoms with Crippen molar-refractivity contribution in [3.8, 4) is 6.19 Å². The second-order valence-corrected chi connectivity index (χ2v) is 4.78. The average Bonchev–Trinajstić information content (AvgIpc) is 2.34. The van der Waals surface area contributed by atoms with Crippen LogP contribution in [0.2, 0.25) is 10.0 Å². The van der Waals surface area contributed by atoms with E-state index in [4.69, 9.17) is 28.5 Å². The summed E-state index contributed by atoms with van der Waals surface area (Å²) in [7, 11) is 1.90. The third kappa shape index (κ3) is 3.38. The Hall–Kier alpha value is -1.24. The molecule has 5 heteroatoms. The van der Waals surface area contributed by atoms with Gasteiger partial charge in [0.1, 0.15) is 5.84 Å². The van der Waals surface area contributed by atoms with Gasteiger partial charge in [-0.2, -0.15) is 10.3 Å². The molecular weight excluding hydrogens is 269 g/mol. The van der Waals surface area contributed by atoms with Crippen molar-refractivity contribution < 1.29 is 0 Å². The van der Waals surface area contributed by atoms with Crippen molar-refractivity contribution in [1.29, 1.82) is 5.26 Å². The van der Waals surface area contributed by atoms with Crippen molar-refractivity contribution in [3.05, 3.63) is 33.8 Å². The predicted octanol–water partition coefficient (Wildman–Crippen LogP) is 4.28. The summed E-state index contributed by atoms with van der Waals surface area (Å²) in [5, 5.41) is 9.88. The maximum absolute atomic E-state index is 8.65. The maximum Gasteiger partial charge on any atom is 0.207 e. The number of amidine groups is 1. The molecule has 0 aliphatic rings. The van der Waals surface area contributed by atoms with Crippen LogP contribution in [0.3, 0.4) is 0 Å². The minimum Gasteiger partial charge on any atom is -0.356 e. The van der Waals surface area contributed by atoms with Gasteiger partial charge in [-0.05, 0) is 24.6 Å². The highest BCUT2D eigenvalue weighted by atomic mass is 35.5. The summed E-state index contributed by atoms with van der Waals surface area (Å²) >= 11 is 12.1. The summed E-state index contributed by atoms with van der Waals surface area (Å²) in [6, 6.07) is 5.45. The lowest BCUT2D eigenvalue weighted by Gasteiger charge is -2.28. The van der Waals surface area contributed by atoms with Crippen molar-refractivity contribution in [2.45, 2.75) is 26.3 Å². The first-order valence-electron chi connectivity index (χ1n) is 5.64. The van der Waals surface area contributed by atoms with Crippen LogP contribution < -0.4 is 0 Å². The smallest absolute Gasteiger partial charge is 0.207 e. The second-order valence-electron chi connectivity index (χ2n) is 3.93. The van der Waals surface area contributed by atoms with Crippen molar-refractivity contribution in [2.75, 3.05) is 7.05 Å². The Balaban J connectivity index is 3.03. The van der Waals surface area contributed by atoms with Gasteiger partial charge in [0.15, 0.2) is 0 Å². The molecule has 0 aliphatic heterocycles. The fourth-order valence-corrected chi connectivity index (χ4v) is 2.30. The van der Waals surface area contributed by atoms with E-state index in [2.05, 4.69) is 4.99 Å². The molecule has 0 saturated carbocycles. The molecule has 0 radical (unpaired) electrons. The average molecular weight is 284 g/mol. The number of halogens is 2. The summed E-state index contributed by atoms with van der Waals surface area (Å²) in [6.07, 6.45) is 2.52. The van der Waals surface area contributed by atoms with Gasteiger partial charge in [-0.1, -0.05) is 36.2 Å². The van der Waals surface area contributed by atoms with E-state index in [0.29, 0.717) is 16.5 Å². The topological polar surface area (TPSA) is 39.4 Å². The molecule has 96 valence electrons. The van der Waals surface area contributed by atoms with Crippen LogP contribution in [0.25, 0.3) is 0 Å². The number of benzene rings is 1. The molecule has 0 saturated heterocycles. The predicted molar refractivity (Wildman–Crippen MR) is 76.0 cm³/mol. The number of hydrogen-bond acceptors (Lipinski definition) is 2. The largest absolute Gasteiger partial charge is 0.356 e. The van der Waals surface area contributed by atoms with Crippen LogP contribution in [0.15, 0.2) is 23.2 Å². The first kappa shape index (κ1) is 14.8. The zero-order valence-corrected chi connectivity index (χ0v) is 12.1. The number of rotatable bonds is 3. The molecule has 3 nitrogen and oxygen atoms in total. The van der Waals surface area contributed by atoms with E-state index in [1.54, 1.807) is 12.1 Å². The Bertz CT molecular complexity index is 491. The van der Waals surface area contributed by atoms with Gasteiger partial charge in [0.25, 0.3) is 0 Å². The van der Waals surface area contributed by atoms with E-state index in [0.717, 1.165) is 11.4 Å². The summed E-state index contributed by atoms with van der Waals surface area (Å²) in [5.41, 5.74) is 0.961. The van der Waals surface area contributed by atoms with Crippen molar-refractivity contribution >= 4 is 29.0 Å². The Morgan fingerprint density at radius 2 is 2.17 bits per heavy atom. The first-order valence-corrected chi connectivity index (χ1v) is 6.40. The third-order valence-electron chi connectivity index (χ3n) is 2.90. The summed E-state index contributed by atoms with van der Waals surface area (Å²) in [4.78, 5) is 5.76. The highest BCUT2D eigenvalue weighted by molar-refractivity contribution is 6.35. The number of hydrogen-bond donors (Lipinski definition) is 0. The SMILES string of the molecule is CC/C(=N\C#N)N(C)C(C)c1ccc(Cl)cc1Cl. The second kappa shape index (κ2) is 6.63. The summed E-state index contributed by atoms with van der Waals surface area (Å²) in [6.45, 7) is 3.97. The molecule has 0 N–H and O–H groups in total. The van der Waals surface area contributed by atoms with Crippen LogP contribution in [0.5, 0.6) is 0 Å². The normalized spacial score (nSPS) is 13.0. The quantitative estimate of drug-likeness (QED) is 0.472. The molecule has 0 aromatic heterocycles. The molecule has 0 bridgehead atoms. The highest BCUT2D eigenvalue weighted by Crippen LogP contribution is 2.29. The molecule has 1 aromatic carbocycles. The third-order valence-corrected chi connectivity index (χ3v) is 3.46. The van der Waals surface area contributed by atoms with Crippen molar-refractivity contribution in [1.82, 2.24) is 4.90 Å². The van der Waals surface area contributed by atoms with Gasteiger partial charge in [0, 0.05) is 23.5 Å². The molecule has 1 rings (SSSR count). The summed E-state index contributed by atoms with van der Waals surface area (Å²) < 4.78 is 0. The van der Waals surface area contributed by atoms with Gasteiger partial charge < -0.3 is 4.90 Å². The standard InChI is InChI=1S/C13H15Cl2N3/c1-4-13(17-8-16)18(3)9(2)11-6-5-10(14)7-12(11)15/h5-7,9H,4H2,1-3H3/b17-13+. The Kier molecular flexibility index (Phi) is 5.46. The van der Waals surface area contributed by atoms with E-state index in [1.807, 2.05) is 38.1 Å². The lowest BCUT2D eigenvalue weighted by molar-refractivity contribution is 0.396. The maximum atomic E-state index is 8.65. The molecule has 1 aromatic rings. The monoisotopic (exact) mass is 283 g/mol. The van der Waals surface area contributed by atoms with Gasteiger partial charge in [-0.25, -0.2) is 0 Å². The minimum atomic E-state index is 0.0295. The van der Waals surface area contributed by atoms with E-state index < -0.39 is 0 Å². The molecule has 0 heterocycles. The molecule has 1 unspecified atom stereocenters. The lowest BCUT2D eigenvalue weighted by atomic mass is 10.1. The zero-order valence-electron chi connectivity index (χ0n) is 10.6. The Morgan fingerprint density at radius 1 is 1.50 bits per heavy atom. The van der Waals surface area contributed by atoms with Crippen LogP contribution >= 0.6 is 23.2 Å². The first-order chi connectivity index (χ1) is 8.51. The van der Waals surface area contributed by atoms with E-state index >= 15 is 0 Å². The van der Waals surface area contributed by atoms with Crippen LogP contribution in [-0.4, -0.2) is 17.8 Å². The van der Waals surface area contributed by atoms with Crippen LogP contribution in [0, 0.1) is 11.5 Å². The van der Waals surface area contributed by atoms with Gasteiger partial charge in [0.05, 0.1) is 6.04 Å². The van der Waals surface area contributed by atoms with Gasteiger partial charge >= 0.3 is 0 Å². The van der Waals surface area contributed by atoms with Gasteiger partial charge in [-0.3, -0.25) is 0 Å². The van der Waals surface area contributed by atoms with Crippen LogP contribution in [0.1, 0.15) is 31.9 Å². The van der Waals surface area contributed by atoms with Crippen molar-refractivity contribution in [2.24, 2.45) is 4.99 Å². The highest BCUT2D eigenvalue weighted by Gasteiger charge is 2.17. The van der Waals surface area contributed by atoms with Crippen molar-refractivity contribution in [3.63, 3.8) is 0 Å². The van der Waals surface area contributed by atoms with E-state index in [1.165, 1.54) is 0 Å². The molecule has 0 amide bonds. The molecule has 0 aliphatic carbocycles. The molecule has 1 atom stereocenters. The fraction of sp³-hybridized carbons (Fsp3) is 0.385. The Labute approximate surface area is 118 Å². The molecule has 18 heavy (non-hydrogen) atoms. The molecule has 0 spiro atoms. The minimum absolute atomic E-state index is 0.0295. The fourth-order valence-electron chi connectivity index (χ4n) is 1.74.